The smallest absolute Gasteiger partial charge is 0.410 e. The maximum Gasteiger partial charge on any atom is 0.410 e. The second kappa shape index (κ2) is 7.38. The zero-order chi connectivity index (χ0) is 17.2. The molecule has 1 amide bonds. The van der Waals surface area contributed by atoms with E-state index in [0.717, 1.165) is 11.3 Å². The van der Waals surface area contributed by atoms with Gasteiger partial charge < -0.3 is 14.4 Å². The van der Waals surface area contributed by atoms with E-state index in [0.29, 0.717) is 34.0 Å². The number of ether oxygens (including phenoxy) is 2. The Balaban J connectivity index is 2.08. The number of thiophene rings is 1. The van der Waals surface area contributed by atoms with Crippen molar-refractivity contribution in [3.63, 3.8) is 0 Å². The van der Waals surface area contributed by atoms with Gasteiger partial charge in [-0.25, -0.2) is 4.79 Å². The van der Waals surface area contributed by atoms with Crippen LogP contribution in [0.4, 0.5) is 4.79 Å². The first-order valence-electron chi connectivity index (χ1n) is 7.23. The Morgan fingerprint density at radius 1 is 1.43 bits per heavy atom. The first kappa shape index (κ1) is 18.5. The van der Waals surface area contributed by atoms with Gasteiger partial charge in [0.2, 0.25) is 0 Å². The van der Waals surface area contributed by atoms with E-state index in [1.165, 1.54) is 0 Å². The van der Waals surface area contributed by atoms with Crippen LogP contribution in [-0.2, 0) is 9.47 Å². The molecule has 0 radical (unpaired) electrons. The number of amides is 1. The molecule has 1 unspecified atom stereocenters. The highest BCUT2D eigenvalue weighted by molar-refractivity contribution is 7.20. The van der Waals surface area contributed by atoms with Gasteiger partial charge in [0.25, 0.3) is 0 Å². The fourth-order valence-electron chi connectivity index (χ4n) is 2.24. The van der Waals surface area contributed by atoms with Crippen LogP contribution in [0, 0.1) is 0 Å². The molecular formula is C15H19Cl2NO4S. The van der Waals surface area contributed by atoms with Crippen LogP contribution in [0.2, 0.25) is 8.67 Å². The summed E-state index contributed by atoms with van der Waals surface area (Å²) in [5.74, 6) is -0.165. The number of rotatable bonds is 3. The van der Waals surface area contributed by atoms with Crippen molar-refractivity contribution in [1.82, 2.24) is 4.90 Å². The average molecular weight is 380 g/mol. The lowest BCUT2D eigenvalue weighted by molar-refractivity contribution is -0.0322. The zero-order valence-electron chi connectivity index (χ0n) is 13.2. The summed E-state index contributed by atoms with van der Waals surface area (Å²) in [6.45, 7) is 6.52. The van der Waals surface area contributed by atoms with Gasteiger partial charge in [-0.2, -0.15) is 0 Å². The number of carbonyl (C=O) groups is 2. The van der Waals surface area contributed by atoms with Gasteiger partial charge in [-0.3, -0.25) is 4.79 Å². The summed E-state index contributed by atoms with van der Waals surface area (Å²) in [6.07, 6.45) is -0.320. The Bertz CT molecular complexity index is 597. The molecule has 1 atom stereocenters. The van der Waals surface area contributed by atoms with Crippen LogP contribution in [0.1, 0.15) is 37.6 Å². The fourth-order valence-corrected chi connectivity index (χ4v) is 3.74. The van der Waals surface area contributed by atoms with Crippen LogP contribution < -0.4 is 0 Å². The Morgan fingerprint density at radius 3 is 2.70 bits per heavy atom. The first-order chi connectivity index (χ1) is 10.7. The third-order valence-electron chi connectivity index (χ3n) is 3.23. The van der Waals surface area contributed by atoms with E-state index in [9.17, 15) is 9.59 Å². The lowest BCUT2D eigenvalue weighted by Crippen LogP contribution is -2.51. The average Bonchev–Trinajstić information content (AvgIpc) is 2.76. The van der Waals surface area contributed by atoms with Crippen LogP contribution in [0.5, 0.6) is 0 Å². The van der Waals surface area contributed by atoms with Crippen LogP contribution in [-0.4, -0.2) is 48.2 Å². The van der Waals surface area contributed by atoms with Crippen molar-refractivity contribution in [2.75, 3.05) is 19.8 Å². The van der Waals surface area contributed by atoms with Gasteiger partial charge >= 0.3 is 6.09 Å². The lowest BCUT2D eigenvalue weighted by atomic mass is 10.0. The second-order valence-electron chi connectivity index (χ2n) is 6.27. The van der Waals surface area contributed by atoms with Crippen molar-refractivity contribution in [2.45, 2.75) is 38.8 Å². The van der Waals surface area contributed by atoms with E-state index in [1.807, 2.05) is 0 Å². The second-order valence-corrected chi connectivity index (χ2v) is 8.55. The van der Waals surface area contributed by atoms with Crippen molar-refractivity contribution < 1.29 is 19.1 Å². The highest BCUT2D eigenvalue weighted by Gasteiger charge is 2.33. The van der Waals surface area contributed by atoms with Gasteiger partial charge in [-0.05, 0) is 26.8 Å². The SMILES string of the molecule is CC(C)(C)OC(=O)N1CCOCC1CC(=O)c1cc(Cl)sc1Cl. The quantitative estimate of drug-likeness (QED) is 0.736. The van der Waals surface area contributed by atoms with Crippen LogP contribution in [0.25, 0.3) is 0 Å². The third kappa shape index (κ3) is 5.08. The Kier molecular flexibility index (Phi) is 5.94. The molecule has 5 nitrogen and oxygen atoms in total. The number of nitrogens with zero attached hydrogens (tertiary/aromatic N) is 1. The topological polar surface area (TPSA) is 55.8 Å². The maximum atomic E-state index is 12.4. The molecule has 1 aromatic heterocycles. The summed E-state index contributed by atoms with van der Waals surface area (Å²) in [4.78, 5) is 26.3. The van der Waals surface area contributed by atoms with Gasteiger partial charge in [0.15, 0.2) is 5.78 Å². The van der Waals surface area contributed by atoms with Gasteiger partial charge in [-0.1, -0.05) is 23.2 Å². The van der Waals surface area contributed by atoms with Gasteiger partial charge in [-0.15, -0.1) is 11.3 Å². The number of halogens is 2. The summed E-state index contributed by atoms with van der Waals surface area (Å²) in [7, 11) is 0. The van der Waals surface area contributed by atoms with E-state index >= 15 is 0 Å². The fraction of sp³-hybridized carbons (Fsp3) is 0.600. The van der Waals surface area contributed by atoms with E-state index in [1.54, 1.807) is 31.7 Å². The van der Waals surface area contributed by atoms with E-state index in [4.69, 9.17) is 32.7 Å². The molecule has 2 rings (SSSR count). The lowest BCUT2D eigenvalue weighted by Gasteiger charge is -2.36. The molecule has 128 valence electrons. The molecule has 1 aliphatic rings. The largest absolute Gasteiger partial charge is 0.444 e. The summed E-state index contributed by atoms with van der Waals surface area (Å²) >= 11 is 13.0. The normalized spacial score (nSPS) is 18.8. The molecule has 1 aliphatic heterocycles. The number of hydrogen-bond donors (Lipinski definition) is 0. The number of morpholine rings is 1. The molecule has 0 bridgehead atoms. The predicted molar refractivity (Wildman–Crippen MR) is 90.8 cm³/mol. The van der Waals surface area contributed by atoms with Crippen LogP contribution >= 0.6 is 34.5 Å². The number of Topliss-reactive ketones (excluding diaryl/α,β-unsaturated/α-hetero) is 1. The third-order valence-corrected chi connectivity index (χ3v) is 4.72. The molecule has 0 aliphatic carbocycles. The van der Waals surface area contributed by atoms with Gasteiger partial charge in [0, 0.05) is 18.5 Å². The monoisotopic (exact) mass is 379 g/mol. The summed E-state index contributed by atoms with van der Waals surface area (Å²) in [6, 6.07) is 1.18. The summed E-state index contributed by atoms with van der Waals surface area (Å²) in [5.41, 5.74) is -0.204. The minimum Gasteiger partial charge on any atom is -0.444 e. The van der Waals surface area contributed by atoms with Crippen molar-refractivity contribution in [2.24, 2.45) is 0 Å². The Hall–Kier alpha value is -0.820. The number of ketones is 1. The number of carbonyl (C=O) groups excluding carboxylic acids is 2. The molecule has 1 saturated heterocycles. The van der Waals surface area contributed by atoms with Crippen LogP contribution in [0.15, 0.2) is 6.07 Å². The summed E-state index contributed by atoms with van der Waals surface area (Å²) in [5, 5.41) is 0. The first-order valence-corrected chi connectivity index (χ1v) is 8.80. The molecule has 0 saturated carbocycles. The van der Waals surface area contributed by atoms with Crippen LogP contribution in [0.3, 0.4) is 0 Å². The van der Waals surface area contributed by atoms with Gasteiger partial charge in [0.1, 0.15) is 9.94 Å². The molecule has 2 heterocycles. The van der Waals surface area contributed by atoms with Gasteiger partial charge in [0.05, 0.1) is 23.6 Å². The molecular weight excluding hydrogens is 361 g/mol. The highest BCUT2D eigenvalue weighted by atomic mass is 35.5. The number of hydrogen-bond acceptors (Lipinski definition) is 5. The molecule has 0 aromatic carbocycles. The van der Waals surface area contributed by atoms with E-state index < -0.39 is 11.7 Å². The Labute approximate surface area is 149 Å². The predicted octanol–water partition coefficient (Wildman–Crippen LogP) is 4.26. The Morgan fingerprint density at radius 2 is 2.13 bits per heavy atom. The minimum absolute atomic E-state index is 0.117. The van der Waals surface area contributed by atoms with E-state index in [-0.39, 0.29) is 18.2 Å². The summed E-state index contributed by atoms with van der Waals surface area (Å²) < 4.78 is 11.6. The zero-order valence-corrected chi connectivity index (χ0v) is 15.6. The van der Waals surface area contributed by atoms with Crippen molar-refractivity contribution >= 4 is 46.4 Å². The standard InChI is InChI=1S/C15H19Cl2NO4S/c1-15(2,3)22-14(20)18-4-5-21-8-9(18)6-11(19)10-7-12(16)23-13(10)17/h7,9H,4-6,8H2,1-3H3. The molecule has 8 heteroatoms. The molecule has 1 fully saturated rings. The van der Waals surface area contributed by atoms with Crippen molar-refractivity contribution in [3.8, 4) is 0 Å². The molecule has 1 aromatic rings. The maximum absolute atomic E-state index is 12.4. The van der Waals surface area contributed by atoms with E-state index in [2.05, 4.69) is 0 Å². The molecule has 0 N–H and O–H groups in total. The van der Waals surface area contributed by atoms with Crippen molar-refractivity contribution in [1.29, 1.82) is 0 Å². The van der Waals surface area contributed by atoms with Crippen molar-refractivity contribution in [3.05, 3.63) is 20.3 Å². The highest BCUT2D eigenvalue weighted by Crippen LogP contribution is 2.32. The molecule has 23 heavy (non-hydrogen) atoms. The molecule has 0 spiro atoms. The minimum atomic E-state index is -0.589.